The molecule has 1 atom stereocenters. The Balaban J connectivity index is 1.68. The first-order chi connectivity index (χ1) is 13.6. The zero-order valence-electron chi connectivity index (χ0n) is 17.9. The second-order valence-corrected chi connectivity index (χ2v) is 8.64. The van der Waals surface area contributed by atoms with Crippen molar-refractivity contribution in [3.05, 3.63) is 53.6 Å². The number of rotatable bonds is 4. The molecule has 29 heavy (non-hydrogen) atoms. The molecular formula is C24H30N2O3. The molecule has 1 aliphatic rings. The van der Waals surface area contributed by atoms with Crippen molar-refractivity contribution in [1.29, 1.82) is 0 Å². The molecule has 0 spiro atoms. The Kier molecular flexibility index (Phi) is 5.96. The highest BCUT2D eigenvalue weighted by atomic mass is 16.5. The lowest BCUT2D eigenvalue weighted by Gasteiger charge is -2.29. The largest absolute Gasteiger partial charge is 0.481 e. The molecule has 5 heteroatoms. The molecule has 0 bridgehead atoms. The number of hydrogen-bond donors (Lipinski definition) is 1. The number of anilines is 2. The van der Waals surface area contributed by atoms with Gasteiger partial charge >= 0.3 is 0 Å². The number of nitrogens with zero attached hydrogens (tertiary/aromatic N) is 1. The Morgan fingerprint density at radius 3 is 2.59 bits per heavy atom. The molecule has 2 aromatic rings. The summed E-state index contributed by atoms with van der Waals surface area (Å²) in [4.78, 5) is 26.2. The second-order valence-electron chi connectivity index (χ2n) is 8.64. The number of carbonyl (C=O) groups excluding carboxylic acids is 2. The zero-order chi connectivity index (χ0) is 21.2. The molecule has 1 aliphatic heterocycles. The normalized spacial score (nSPS) is 14.7. The fraction of sp³-hybridized carbons (Fsp3) is 0.417. The van der Waals surface area contributed by atoms with Crippen LogP contribution in [0, 0.1) is 0 Å². The third-order valence-corrected chi connectivity index (χ3v) is 5.23. The minimum absolute atomic E-state index is 0.0156. The van der Waals surface area contributed by atoms with Crippen LogP contribution in [0.5, 0.6) is 5.75 Å². The summed E-state index contributed by atoms with van der Waals surface area (Å²) >= 11 is 0. The summed E-state index contributed by atoms with van der Waals surface area (Å²) in [6, 6.07) is 13.6. The molecule has 154 valence electrons. The average Bonchev–Trinajstić information content (AvgIpc) is 2.66. The minimum atomic E-state index is -0.630. The lowest BCUT2D eigenvalue weighted by atomic mass is 9.87. The third-order valence-electron chi connectivity index (χ3n) is 5.23. The highest BCUT2D eigenvalue weighted by Gasteiger charge is 2.22. The number of nitrogens with one attached hydrogen (secondary N) is 1. The van der Waals surface area contributed by atoms with Gasteiger partial charge in [-0.2, -0.15) is 0 Å². The van der Waals surface area contributed by atoms with Crippen molar-refractivity contribution in [3.8, 4) is 5.75 Å². The zero-order valence-corrected chi connectivity index (χ0v) is 17.9. The summed E-state index contributed by atoms with van der Waals surface area (Å²) in [7, 11) is 0. The van der Waals surface area contributed by atoms with Crippen LogP contribution in [-0.4, -0.2) is 24.5 Å². The molecule has 1 heterocycles. The van der Waals surface area contributed by atoms with Crippen molar-refractivity contribution in [2.24, 2.45) is 0 Å². The van der Waals surface area contributed by atoms with Crippen LogP contribution in [-0.2, 0) is 21.4 Å². The number of ether oxygens (including phenoxy) is 1. The van der Waals surface area contributed by atoms with Crippen molar-refractivity contribution in [2.75, 3.05) is 16.8 Å². The fourth-order valence-corrected chi connectivity index (χ4v) is 3.54. The van der Waals surface area contributed by atoms with Gasteiger partial charge in [0.25, 0.3) is 5.91 Å². The smallest absolute Gasteiger partial charge is 0.265 e. The van der Waals surface area contributed by atoms with E-state index in [2.05, 4.69) is 32.2 Å². The number of hydrogen-bond acceptors (Lipinski definition) is 3. The Hall–Kier alpha value is -2.82. The quantitative estimate of drug-likeness (QED) is 0.818. The first-order valence-electron chi connectivity index (χ1n) is 10.1. The standard InChI is InChI=1S/C24H30N2O3/c1-16(29-21-10-6-9-19(15-21)24(3,4)5)23(28)25-20-11-12-22-18(14-20)8-7-13-26(22)17(2)27/h6,9-12,14-16H,7-8,13H2,1-5H3,(H,25,28). The van der Waals surface area contributed by atoms with Gasteiger partial charge in [-0.25, -0.2) is 0 Å². The first-order valence-corrected chi connectivity index (χ1v) is 10.1. The molecular weight excluding hydrogens is 364 g/mol. The van der Waals surface area contributed by atoms with E-state index in [1.165, 1.54) is 0 Å². The van der Waals surface area contributed by atoms with E-state index >= 15 is 0 Å². The molecule has 0 aromatic heterocycles. The highest BCUT2D eigenvalue weighted by Crippen LogP contribution is 2.30. The SMILES string of the molecule is CC(=O)N1CCCc2cc(NC(=O)C(C)Oc3cccc(C(C)(C)C)c3)ccc21. The predicted molar refractivity (Wildman–Crippen MR) is 117 cm³/mol. The first kappa shape index (κ1) is 20.9. The molecule has 0 fully saturated rings. The number of carbonyl (C=O) groups is 2. The lowest BCUT2D eigenvalue weighted by Crippen LogP contribution is -2.33. The molecule has 2 aromatic carbocycles. The number of amides is 2. The van der Waals surface area contributed by atoms with E-state index in [0.29, 0.717) is 5.75 Å². The van der Waals surface area contributed by atoms with Crippen LogP contribution >= 0.6 is 0 Å². The van der Waals surface area contributed by atoms with Crippen LogP contribution in [0.3, 0.4) is 0 Å². The summed E-state index contributed by atoms with van der Waals surface area (Å²) in [6.07, 6.45) is 1.19. The van der Waals surface area contributed by atoms with Gasteiger partial charge in [0.1, 0.15) is 5.75 Å². The van der Waals surface area contributed by atoms with Gasteiger partial charge in [-0.05, 0) is 66.6 Å². The van der Waals surface area contributed by atoms with Gasteiger partial charge in [0, 0.05) is 24.8 Å². The van der Waals surface area contributed by atoms with Gasteiger partial charge in [-0.15, -0.1) is 0 Å². The van der Waals surface area contributed by atoms with Crippen LogP contribution in [0.15, 0.2) is 42.5 Å². The van der Waals surface area contributed by atoms with E-state index in [0.717, 1.165) is 41.9 Å². The van der Waals surface area contributed by atoms with E-state index in [-0.39, 0.29) is 17.2 Å². The van der Waals surface area contributed by atoms with Crippen molar-refractivity contribution in [2.45, 2.75) is 59.0 Å². The Labute approximate surface area is 173 Å². The van der Waals surface area contributed by atoms with Crippen molar-refractivity contribution in [3.63, 3.8) is 0 Å². The van der Waals surface area contributed by atoms with Gasteiger partial charge in [0.2, 0.25) is 5.91 Å². The summed E-state index contributed by atoms with van der Waals surface area (Å²) in [5.74, 6) is 0.523. The lowest BCUT2D eigenvalue weighted by molar-refractivity contribution is -0.122. The van der Waals surface area contributed by atoms with Gasteiger partial charge in [-0.3, -0.25) is 9.59 Å². The molecule has 1 N–H and O–H groups in total. The summed E-state index contributed by atoms with van der Waals surface area (Å²) in [5.41, 5.74) is 3.91. The van der Waals surface area contributed by atoms with Gasteiger partial charge in [0.15, 0.2) is 6.10 Å². The maximum absolute atomic E-state index is 12.6. The number of benzene rings is 2. The maximum atomic E-state index is 12.6. The summed E-state index contributed by atoms with van der Waals surface area (Å²) < 4.78 is 5.88. The number of aryl methyl sites for hydroxylation is 1. The Morgan fingerprint density at radius 1 is 1.14 bits per heavy atom. The van der Waals surface area contributed by atoms with Gasteiger partial charge < -0.3 is 15.0 Å². The molecule has 0 saturated carbocycles. The summed E-state index contributed by atoms with van der Waals surface area (Å²) in [6.45, 7) is 10.5. The molecule has 0 aliphatic carbocycles. The monoisotopic (exact) mass is 394 g/mol. The van der Waals surface area contributed by atoms with E-state index in [9.17, 15) is 9.59 Å². The minimum Gasteiger partial charge on any atom is -0.481 e. The molecule has 0 saturated heterocycles. The van der Waals surface area contributed by atoms with Crippen LogP contribution in [0.2, 0.25) is 0 Å². The highest BCUT2D eigenvalue weighted by molar-refractivity contribution is 5.96. The van der Waals surface area contributed by atoms with Crippen LogP contribution in [0.25, 0.3) is 0 Å². The van der Waals surface area contributed by atoms with Gasteiger partial charge in [-0.1, -0.05) is 32.9 Å². The van der Waals surface area contributed by atoms with Crippen LogP contribution in [0.1, 0.15) is 52.2 Å². The fourth-order valence-electron chi connectivity index (χ4n) is 3.54. The Morgan fingerprint density at radius 2 is 1.90 bits per heavy atom. The topological polar surface area (TPSA) is 58.6 Å². The van der Waals surface area contributed by atoms with Crippen LogP contribution in [0.4, 0.5) is 11.4 Å². The predicted octanol–water partition coefficient (Wildman–Crippen LogP) is 4.69. The van der Waals surface area contributed by atoms with E-state index in [1.807, 2.05) is 36.4 Å². The molecule has 3 rings (SSSR count). The van der Waals surface area contributed by atoms with Gasteiger partial charge in [0.05, 0.1) is 0 Å². The van der Waals surface area contributed by atoms with Crippen LogP contribution < -0.4 is 15.0 Å². The van der Waals surface area contributed by atoms with Crippen molar-refractivity contribution >= 4 is 23.2 Å². The van der Waals surface area contributed by atoms with E-state index in [4.69, 9.17) is 4.74 Å². The average molecular weight is 395 g/mol. The molecule has 5 nitrogen and oxygen atoms in total. The molecule has 2 amide bonds. The molecule has 0 radical (unpaired) electrons. The van der Waals surface area contributed by atoms with Crippen molar-refractivity contribution in [1.82, 2.24) is 0 Å². The molecule has 1 unspecified atom stereocenters. The van der Waals surface area contributed by atoms with Crippen molar-refractivity contribution < 1.29 is 14.3 Å². The van der Waals surface area contributed by atoms with E-state index in [1.54, 1.807) is 18.7 Å². The summed E-state index contributed by atoms with van der Waals surface area (Å²) in [5, 5.41) is 2.93. The third kappa shape index (κ3) is 4.97. The van der Waals surface area contributed by atoms with E-state index < -0.39 is 6.10 Å². The number of fused-ring (bicyclic) bond motifs is 1. The second kappa shape index (κ2) is 8.27. The maximum Gasteiger partial charge on any atom is 0.265 e. The Bertz CT molecular complexity index is 915.